The number of rotatable bonds is 1. The average molecular weight is 284 g/mol. The van der Waals surface area contributed by atoms with E-state index in [1.807, 2.05) is 0 Å². The van der Waals surface area contributed by atoms with E-state index in [9.17, 15) is 0 Å². The largest absolute Gasteiger partial charge is 0.493 e. The first-order valence-electron chi connectivity index (χ1n) is 2.69. The van der Waals surface area contributed by atoms with Crippen molar-refractivity contribution >= 4 is 38.7 Å². The van der Waals surface area contributed by atoms with Crippen molar-refractivity contribution < 1.29 is 4.74 Å². The van der Waals surface area contributed by atoms with Crippen LogP contribution in [0.25, 0.3) is 0 Å². The van der Waals surface area contributed by atoms with Crippen molar-refractivity contribution in [3.8, 4) is 5.75 Å². The van der Waals surface area contributed by atoms with Crippen LogP contribution in [-0.4, -0.2) is 12.1 Å². The summed E-state index contributed by atoms with van der Waals surface area (Å²) in [6, 6.07) is 1.77. The first-order valence-corrected chi connectivity index (χ1v) is 3.48. The minimum Gasteiger partial charge on any atom is -0.493 e. The third-order valence-electron chi connectivity index (χ3n) is 1.07. The Morgan fingerprint density at radius 2 is 2.27 bits per heavy atom. The lowest BCUT2D eigenvalue weighted by Gasteiger charge is -2.01. The summed E-state index contributed by atoms with van der Waals surface area (Å²) in [5.41, 5.74) is 5.44. The number of aromatic nitrogens is 1. The monoisotopic (exact) mass is 282 g/mol. The van der Waals surface area contributed by atoms with Gasteiger partial charge in [-0.3, -0.25) is 0 Å². The number of methoxy groups -OCH3 is 1. The molecule has 0 aliphatic rings. The Bertz CT molecular complexity index is 242. The standard InChI is InChI=1S/C6H7BrN2O.BrH/c1-10-5-2-4(7)3-9-6(5)8;/h2-3H,1H3,(H2,8,9);1H. The number of pyridine rings is 1. The molecule has 0 aliphatic heterocycles. The Morgan fingerprint density at radius 3 is 2.73 bits per heavy atom. The lowest BCUT2D eigenvalue weighted by Crippen LogP contribution is -1.94. The molecule has 0 spiro atoms. The van der Waals surface area contributed by atoms with Crippen LogP contribution in [0.1, 0.15) is 0 Å². The molecule has 0 saturated heterocycles. The molecule has 0 radical (unpaired) electrons. The van der Waals surface area contributed by atoms with Crippen molar-refractivity contribution in [3.05, 3.63) is 16.7 Å². The van der Waals surface area contributed by atoms with Crippen LogP contribution in [0.15, 0.2) is 16.7 Å². The SMILES string of the molecule is Br.COc1cc(Br)cnc1N. The molecule has 5 heteroatoms. The van der Waals surface area contributed by atoms with E-state index in [0.29, 0.717) is 11.6 Å². The van der Waals surface area contributed by atoms with Crippen molar-refractivity contribution in [2.45, 2.75) is 0 Å². The van der Waals surface area contributed by atoms with Crippen molar-refractivity contribution in [3.63, 3.8) is 0 Å². The number of hydrogen-bond donors (Lipinski definition) is 1. The van der Waals surface area contributed by atoms with Gasteiger partial charge in [0.2, 0.25) is 0 Å². The molecule has 2 N–H and O–H groups in total. The van der Waals surface area contributed by atoms with Gasteiger partial charge in [0, 0.05) is 10.7 Å². The van der Waals surface area contributed by atoms with E-state index in [0.717, 1.165) is 4.47 Å². The number of anilines is 1. The Balaban J connectivity index is 0.000001000. The molecule has 0 unspecified atom stereocenters. The maximum Gasteiger partial charge on any atom is 0.166 e. The molecule has 0 aromatic carbocycles. The molecule has 0 saturated carbocycles. The number of nitrogen functional groups attached to an aromatic ring is 1. The smallest absolute Gasteiger partial charge is 0.166 e. The molecule has 62 valence electrons. The lowest BCUT2D eigenvalue weighted by molar-refractivity contribution is 0.415. The van der Waals surface area contributed by atoms with Crippen molar-refractivity contribution in [1.82, 2.24) is 4.98 Å². The maximum absolute atomic E-state index is 5.44. The van der Waals surface area contributed by atoms with Gasteiger partial charge in [-0.05, 0) is 22.0 Å². The highest BCUT2D eigenvalue weighted by atomic mass is 79.9. The number of nitrogens with zero attached hydrogens (tertiary/aromatic N) is 1. The van der Waals surface area contributed by atoms with Gasteiger partial charge in [0.15, 0.2) is 11.6 Å². The zero-order valence-corrected chi connectivity index (χ0v) is 9.17. The average Bonchev–Trinajstić information content (AvgIpc) is 1.94. The number of hydrogen-bond acceptors (Lipinski definition) is 3. The Labute approximate surface area is 83.8 Å². The van der Waals surface area contributed by atoms with E-state index >= 15 is 0 Å². The predicted molar refractivity (Wildman–Crippen MR) is 53.2 cm³/mol. The van der Waals surface area contributed by atoms with Gasteiger partial charge in [-0.2, -0.15) is 0 Å². The predicted octanol–water partition coefficient (Wildman–Crippen LogP) is 2.01. The fraction of sp³-hybridized carbons (Fsp3) is 0.167. The molecule has 0 atom stereocenters. The maximum atomic E-state index is 5.44. The summed E-state index contributed by atoms with van der Waals surface area (Å²) in [6.45, 7) is 0. The fourth-order valence-corrected chi connectivity index (χ4v) is 0.905. The molecule has 1 heterocycles. The Kier molecular flexibility index (Phi) is 4.44. The summed E-state index contributed by atoms with van der Waals surface area (Å²) in [4.78, 5) is 3.86. The van der Waals surface area contributed by atoms with Crippen LogP contribution >= 0.6 is 32.9 Å². The van der Waals surface area contributed by atoms with E-state index in [4.69, 9.17) is 10.5 Å². The summed E-state index contributed by atoms with van der Waals surface area (Å²) in [7, 11) is 1.56. The molecule has 0 aliphatic carbocycles. The van der Waals surface area contributed by atoms with Crippen LogP contribution in [0.2, 0.25) is 0 Å². The van der Waals surface area contributed by atoms with E-state index in [2.05, 4.69) is 20.9 Å². The van der Waals surface area contributed by atoms with Crippen LogP contribution < -0.4 is 10.5 Å². The van der Waals surface area contributed by atoms with Crippen LogP contribution in [0, 0.1) is 0 Å². The summed E-state index contributed by atoms with van der Waals surface area (Å²) in [6.07, 6.45) is 1.62. The van der Waals surface area contributed by atoms with Gasteiger partial charge >= 0.3 is 0 Å². The van der Waals surface area contributed by atoms with Crippen LogP contribution in [0.4, 0.5) is 5.82 Å². The summed E-state index contributed by atoms with van der Waals surface area (Å²) in [5, 5.41) is 0. The van der Waals surface area contributed by atoms with Gasteiger partial charge in [-0.1, -0.05) is 0 Å². The zero-order valence-electron chi connectivity index (χ0n) is 5.87. The minimum atomic E-state index is 0. The summed E-state index contributed by atoms with van der Waals surface area (Å²) >= 11 is 3.24. The molecular formula is C6H8Br2N2O. The highest BCUT2D eigenvalue weighted by Gasteiger charge is 1.98. The van der Waals surface area contributed by atoms with Gasteiger partial charge in [0.25, 0.3) is 0 Å². The Morgan fingerprint density at radius 1 is 1.64 bits per heavy atom. The van der Waals surface area contributed by atoms with Crippen LogP contribution in [0.5, 0.6) is 5.75 Å². The van der Waals surface area contributed by atoms with Gasteiger partial charge in [-0.25, -0.2) is 4.98 Å². The van der Waals surface area contributed by atoms with Crippen LogP contribution in [-0.2, 0) is 0 Å². The third kappa shape index (κ3) is 2.67. The second-order valence-corrected chi connectivity index (χ2v) is 2.66. The van der Waals surface area contributed by atoms with Gasteiger partial charge in [0.1, 0.15) is 0 Å². The molecule has 1 aromatic rings. The van der Waals surface area contributed by atoms with Gasteiger partial charge in [0.05, 0.1) is 7.11 Å². The quantitative estimate of drug-likeness (QED) is 0.858. The Hall–Kier alpha value is -0.290. The number of halogens is 2. The first kappa shape index (κ1) is 10.7. The molecule has 0 bridgehead atoms. The molecule has 0 fully saturated rings. The van der Waals surface area contributed by atoms with Crippen LogP contribution in [0.3, 0.4) is 0 Å². The van der Waals surface area contributed by atoms with Crippen molar-refractivity contribution in [2.24, 2.45) is 0 Å². The van der Waals surface area contributed by atoms with E-state index in [1.54, 1.807) is 19.4 Å². The lowest BCUT2D eigenvalue weighted by atomic mass is 10.4. The van der Waals surface area contributed by atoms with E-state index in [-0.39, 0.29) is 17.0 Å². The van der Waals surface area contributed by atoms with Gasteiger partial charge in [-0.15, -0.1) is 17.0 Å². The second-order valence-electron chi connectivity index (χ2n) is 1.74. The minimum absolute atomic E-state index is 0. The highest BCUT2D eigenvalue weighted by molar-refractivity contribution is 9.10. The molecule has 11 heavy (non-hydrogen) atoms. The third-order valence-corrected chi connectivity index (χ3v) is 1.50. The summed E-state index contributed by atoms with van der Waals surface area (Å²) in [5.74, 6) is 1.00. The van der Waals surface area contributed by atoms with E-state index < -0.39 is 0 Å². The first-order chi connectivity index (χ1) is 4.74. The summed E-state index contributed by atoms with van der Waals surface area (Å²) < 4.78 is 5.77. The highest BCUT2D eigenvalue weighted by Crippen LogP contribution is 2.21. The topological polar surface area (TPSA) is 48.1 Å². The molecule has 1 rings (SSSR count). The fourth-order valence-electron chi connectivity index (χ4n) is 0.595. The van der Waals surface area contributed by atoms with E-state index in [1.165, 1.54) is 0 Å². The van der Waals surface area contributed by atoms with Crippen molar-refractivity contribution in [2.75, 3.05) is 12.8 Å². The molecule has 0 amide bonds. The second kappa shape index (κ2) is 4.56. The molecule has 3 nitrogen and oxygen atoms in total. The number of nitrogens with two attached hydrogens (primary N) is 1. The molecular weight excluding hydrogens is 276 g/mol. The van der Waals surface area contributed by atoms with Gasteiger partial charge < -0.3 is 10.5 Å². The number of ether oxygens (including phenoxy) is 1. The molecule has 1 aromatic heterocycles. The normalized spacial score (nSPS) is 8.55. The zero-order chi connectivity index (χ0) is 7.56. The van der Waals surface area contributed by atoms with Crippen molar-refractivity contribution in [1.29, 1.82) is 0 Å².